The van der Waals surface area contributed by atoms with E-state index in [-0.39, 0.29) is 36.7 Å². The highest BCUT2D eigenvalue weighted by atomic mass is 35.5. The number of halogens is 4. The van der Waals surface area contributed by atoms with Crippen LogP contribution in [0, 0.1) is 5.41 Å². The van der Waals surface area contributed by atoms with E-state index in [1.807, 2.05) is 19.2 Å². The third kappa shape index (κ3) is 9.59. The zero-order valence-electron chi connectivity index (χ0n) is 18.9. The molecule has 7 N–H and O–H groups in total. The number of hydrogen-bond donors (Lipinski definition) is 5. The Morgan fingerprint density at radius 1 is 1.06 bits per heavy atom. The largest absolute Gasteiger partial charge is 0.370 e. The van der Waals surface area contributed by atoms with E-state index in [1.165, 1.54) is 16.7 Å². The Morgan fingerprint density at radius 3 is 2.30 bits per heavy atom. The molecule has 6 nitrogen and oxygen atoms in total. The Bertz CT molecular complexity index is 906. The summed E-state index contributed by atoms with van der Waals surface area (Å²) in [6, 6.07) is 15.1. The first-order chi connectivity index (χ1) is 14.9. The lowest BCUT2D eigenvalue weighted by Crippen LogP contribution is -2.40. The van der Waals surface area contributed by atoms with Gasteiger partial charge in [0.05, 0.1) is 10.0 Å². The Kier molecular flexibility index (Phi) is 15.2. The molecule has 2 aromatic carbocycles. The summed E-state index contributed by atoms with van der Waals surface area (Å²) >= 11 is 12.2. The number of rotatable bonds is 5. The molecule has 2 atom stereocenters. The highest BCUT2D eigenvalue weighted by Crippen LogP contribution is 2.42. The Balaban J connectivity index is 0.000000687. The number of hydrogen-bond acceptors (Lipinski definition) is 3. The molecule has 3 rings (SSSR count). The summed E-state index contributed by atoms with van der Waals surface area (Å²) in [5.41, 5.74) is 14.4. The van der Waals surface area contributed by atoms with Gasteiger partial charge < -0.3 is 16.8 Å². The van der Waals surface area contributed by atoms with Crippen LogP contribution >= 0.6 is 48.0 Å². The van der Waals surface area contributed by atoms with E-state index in [0.717, 1.165) is 25.7 Å². The lowest BCUT2D eigenvalue weighted by Gasteiger charge is -2.32. The van der Waals surface area contributed by atoms with Crippen LogP contribution in [0.4, 0.5) is 0 Å². The van der Waals surface area contributed by atoms with Gasteiger partial charge in [0.2, 0.25) is 0 Å². The van der Waals surface area contributed by atoms with Crippen LogP contribution in [0.1, 0.15) is 61.3 Å². The number of unbranched alkanes of at least 4 members (excludes halogenated alkanes) is 1. The van der Waals surface area contributed by atoms with Gasteiger partial charge in [-0.1, -0.05) is 66.9 Å². The molecule has 0 aromatic heterocycles. The molecule has 0 radical (unpaired) electrons. The molecule has 184 valence electrons. The minimum atomic E-state index is -0.178. The van der Waals surface area contributed by atoms with Crippen LogP contribution in [-0.2, 0) is 0 Å². The molecule has 1 aliphatic carbocycles. The first-order valence-electron chi connectivity index (χ1n) is 10.5. The highest BCUT2D eigenvalue weighted by molar-refractivity contribution is 6.42. The van der Waals surface area contributed by atoms with Crippen molar-refractivity contribution in [1.82, 2.24) is 10.6 Å². The van der Waals surface area contributed by atoms with Gasteiger partial charge in [-0.15, -0.1) is 24.8 Å². The second-order valence-corrected chi connectivity index (χ2v) is 8.25. The maximum absolute atomic E-state index is 6.81. The summed E-state index contributed by atoms with van der Waals surface area (Å²) in [4.78, 5) is 3.92. The van der Waals surface area contributed by atoms with Crippen LogP contribution in [-0.4, -0.2) is 25.5 Å². The third-order valence-corrected chi connectivity index (χ3v) is 5.98. The zero-order valence-corrected chi connectivity index (χ0v) is 22.1. The maximum Gasteiger partial charge on any atom is 0.195 e. The summed E-state index contributed by atoms with van der Waals surface area (Å²) < 4.78 is 0. The predicted octanol–water partition coefficient (Wildman–Crippen LogP) is 5.61. The first-order valence-corrected chi connectivity index (χ1v) is 11.2. The Labute approximate surface area is 219 Å². The lowest BCUT2D eigenvalue weighted by molar-refractivity contribution is 0.471. The van der Waals surface area contributed by atoms with Crippen LogP contribution < -0.4 is 22.1 Å². The van der Waals surface area contributed by atoms with Crippen LogP contribution in [0.15, 0.2) is 47.5 Å². The smallest absolute Gasteiger partial charge is 0.195 e. The number of benzene rings is 2. The van der Waals surface area contributed by atoms with Gasteiger partial charge in [-0.25, -0.2) is 0 Å². The van der Waals surface area contributed by atoms with Crippen molar-refractivity contribution in [2.24, 2.45) is 16.5 Å². The summed E-state index contributed by atoms with van der Waals surface area (Å²) in [5.74, 6) is 0.444. The molecule has 0 aliphatic heterocycles. The Morgan fingerprint density at radius 2 is 1.73 bits per heavy atom. The molecule has 2 aromatic rings. The topological polar surface area (TPSA) is 112 Å². The fraction of sp³-hybridized carbons (Fsp3) is 0.391. The third-order valence-electron chi connectivity index (χ3n) is 5.24. The van der Waals surface area contributed by atoms with Crippen molar-refractivity contribution < 1.29 is 0 Å². The summed E-state index contributed by atoms with van der Waals surface area (Å²) in [6.07, 6.45) is 4.34. The van der Waals surface area contributed by atoms with Crippen LogP contribution in [0.5, 0.6) is 0 Å². The van der Waals surface area contributed by atoms with E-state index in [0.29, 0.717) is 28.5 Å². The van der Waals surface area contributed by atoms with Gasteiger partial charge in [0.15, 0.2) is 11.9 Å². The lowest BCUT2D eigenvalue weighted by atomic mass is 9.77. The van der Waals surface area contributed by atoms with E-state index >= 15 is 0 Å². The average Bonchev–Trinajstić information content (AvgIpc) is 2.75. The molecule has 0 spiro atoms. The molecule has 0 fully saturated rings. The number of guanidine groups is 2. The van der Waals surface area contributed by atoms with Crippen molar-refractivity contribution in [3.8, 4) is 0 Å². The molecule has 0 amide bonds. The van der Waals surface area contributed by atoms with Gasteiger partial charge in [-0.05, 0) is 55.1 Å². The van der Waals surface area contributed by atoms with Gasteiger partial charge in [0.1, 0.15) is 0 Å². The highest BCUT2D eigenvalue weighted by Gasteiger charge is 2.27. The molecule has 0 unspecified atom stereocenters. The van der Waals surface area contributed by atoms with Crippen LogP contribution in [0.25, 0.3) is 0 Å². The van der Waals surface area contributed by atoms with Gasteiger partial charge in [-0.2, -0.15) is 0 Å². The van der Waals surface area contributed by atoms with Crippen molar-refractivity contribution in [3.05, 3.63) is 69.2 Å². The molecule has 0 bridgehead atoms. The molecule has 0 saturated carbocycles. The summed E-state index contributed by atoms with van der Waals surface area (Å²) in [5, 5.41) is 13.9. The van der Waals surface area contributed by atoms with Crippen molar-refractivity contribution in [3.63, 3.8) is 0 Å². The first kappa shape index (κ1) is 31.3. The molecule has 33 heavy (non-hydrogen) atoms. The Hall–Kier alpha value is -1.70. The molecular formula is C23H34Cl4N6. The van der Waals surface area contributed by atoms with Gasteiger partial charge in [-0.3, -0.25) is 15.7 Å². The molecule has 0 saturated heterocycles. The quantitative estimate of drug-likeness (QED) is 0.194. The molecule has 0 heterocycles. The van der Waals surface area contributed by atoms with Gasteiger partial charge in [0.25, 0.3) is 0 Å². The number of nitrogens with zero attached hydrogens (tertiary/aromatic N) is 1. The number of nitrogens with two attached hydrogens (primary N) is 2. The standard InChI is InChI=1S/C17H17Cl2N.C6H15N5.2ClH/c1-20-17-9-7-12(13-4-2-3-5-14(13)17)11-6-8-15(18)16(19)10-11;1-2-3-4-10-6(9)11-5(7)8;;/h2-6,8,10,12,17,20H,7,9H2,1H3;2-4H2,1H3,(H6,7,8,9,10,11);2*1H/t12-,17-;;;/m0.../s1. The molecular weight excluding hydrogens is 502 g/mol. The van der Waals surface area contributed by atoms with Crippen molar-refractivity contribution in [1.29, 1.82) is 5.41 Å². The van der Waals surface area contributed by atoms with E-state index < -0.39 is 0 Å². The van der Waals surface area contributed by atoms with Crippen molar-refractivity contribution in [2.75, 3.05) is 13.6 Å². The number of nitrogens with one attached hydrogen (secondary N) is 3. The fourth-order valence-electron chi connectivity index (χ4n) is 3.70. The van der Waals surface area contributed by atoms with E-state index in [9.17, 15) is 0 Å². The average molecular weight is 536 g/mol. The SMILES string of the molecule is CCCCN=C(N)NC(=N)N.CN[C@H]1CC[C@@H](c2ccc(Cl)c(Cl)c2)c2ccccc21.Cl.Cl. The second-order valence-electron chi connectivity index (χ2n) is 7.43. The van der Waals surface area contributed by atoms with E-state index in [4.69, 9.17) is 40.1 Å². The number of aliphatic imine (C=N–C) groups is 1. The normalized spacial score (nSPS) is 16.8. The number of fused-ring (bicyclic) bond motifs is 1. The molecule has 1 aliphatic rings. The minimum Gasteiger partial charge on any atom is -0.370 e. The van der Waals surface area contributed by atoms with Gasteiger partial charge in [0, 0.05) is 18.5 Å². The van der Waals surface area contributed by atoms with Gasteiger partial charge >= 0.3 is 0 Å². The van der Waals surface area contributed by atoms with Crippen molar-refractivity contribution in [2.45, 2.75) is 44.6 Å². The summed E-state index contributed by atoms with van der Waals surface area (Å²) in [7, 11) is 2.03. The summed E-state index contributed by atoms with van der Waals surface area (Å²) in [6.45, 7) is 2.76. The van der Waals surface area contributed by atoms with E-state index in [1.54, 1.807) is 0 Å². The van der Waals surface area contributed by atoms with Crippen LogP contribution in [0.2, 0.25) is 10.0 Å². The fourth-order valence-corrected chi connectivity index (χ4v) is 4.01. The zero-order chi connectivity index (χ0) is 22.8. The minimum absolute atomic E-state index is 0. The van der Waals surface area contributed by atoms with E-state index in [2.05, 4.69) is 52.9 Å². The van der Waals surface area contributed by atoms with Crippen molar-refractivity contribution >= 4 is 59.9 Å². The molecule has 10 heteroatoms. The monoisotopic (exact) mass is 534 g/mol. The maximum atomic E-state index is 6.81. The van der Waals surface area contributed by atoms with Crippen LogP contribution in [0.3, 0.4) is 0 Å². The predicted molar refractivity (Wildman–Crippen MR) is 147 cm³/mol. The second kappa shape index (κ2) is 16.0.